The fourth-order valence-corrected chi connectivity index (χ4v) is 3.89. The summed E-state index contributed by atoms with van der Waals surface area (Å²) in [4.78, 5) is 2.56. The van der Waals surface area contributed by atoms with E-state index in [4.69, 9.17) is 5.73 Å². The molecule has 1 saturated heterocycles. The van der Waals surface area contributed by atoms with Gasteiger partial charge in [-0.15, -0.1) is 0 Å². The van der Waals surface area contributed by atoms with Crippen molar-refractivity contribution in [2.24, 2.45) is 5.73 Å². The maximum Gasteiger partial charge on any atom is 0.0471 e. The number of nitrogens with zero attached hydrogens (tertiary/aromatic N) is 1. The van der Waals surface area contributed by atoms with Gasteiger partial charge in [-0.3, -0.25) is 4.90 Å². The Kier molecular flexibility index (Phi) is 4.61. The molecular formula is C17H22N2S. The van der Waals surface area contributed by atoms with Crippen LogP contribution in [0.2, 0.25) is 0 Å². The molecule has 1 atom stereocenters. The Morgan fingerprint density at radius 3 is 2.75 bits per heavy atom. The van der Waals surface area contributed by atoms with Gasteiger partial charge in [-0.05, 0) is 41.1 Å². The van der Waals surface area contributed by atoms with Gasteiger partial charge in [0.1, 0.15) is 0 Å². The Balaban J connectivity index is 1.89. The third-order valence-corrected chi connectivity index (χ3v) is 5.13. The lowest BCUT2D eigenvalue weighted by atomic mass is 10.0. The molecule has 106 valence electrons. The fourth-order valence-electron chi connectivity index (χ4n) is 2.99. The highest BCUT2D eigenvalue weighted by atomic mass is 32.2. The summed E-state index contributed by atoms with van der Waals surface area (Å²) in [5.41, 5.74) is 7.44. The van der Waals surface area contributed by atoms with Crippen LogP contribution in [0.25, 0.3) is 10.8 Å². The third-order valence-electron chi connectivity index (χ3n) is 4.08. The Labute approximate surface area is 125 Å². The summed E-state index contributed by atoms with van der Waals surface area (Å²) in [5, 5.41) is 2.62. The molecule has 1 aliphatic rings. The number of hydrogen-bond donors (Lipinski definition) is 1. The van der Waals surface area contributed by atoms with Crippen LogP contribution in [0.1, 0.15) is 18.0 Å². The van der Waals surface area contributed by atoms with Crippen molar-refractivity contribution in [2.75, 3.05) is 31.1 Å². The van der Waals surface area contributed by atoms with Crippen molar-refractivity contribution >= 4 is 22.5 Å². The summed E-state index contributed by atoms with van der Waals surface area (Å²) in [7, 11) is 0. The number of hydrogen-bond acceptors (Lipinski definition) is 3. The Morgan fingerprint density at radius 2 is 1.90 bits per heavy atom. The summed E-state index contributed by atoms with van der Waals surface area (Å²) >= 11 is 2.06. The molecule has 3 rings (SSSR count). The molecule has 0 radical (unpaired) electrons. The van der Waals surface area contributed by atoms with Crippen molar-refractivity contribution in [1.82, 2.24) is 4.90 Å². The first-order chi connectivity index (χ1) is 9.88. The van der Waals surface area contributed by atoms with Gasteiger partial charge in [0.25, 0.3) is 0 Å². The molecule has 0 bridgehead atoms. The standard InChI is InChI=1S/C17H22N2S/c18-13-17(19-8-3-10-20-11-9-19)16-7-6-14-4-1-2-5-15(14)12-16/h1-2,4-7,12,17H,3,8-11,13,18H2. The topological polar surface area (TPSA) is 29.3 Å². The molecule has 3 heteroatoms. The van der Waals surface area contributed by atoms with E-state index in [2.05, 4.69) is 59.1 Å². The molecule has 0 amide bonds. The number of thioether (sulfide) groups is 1. The van der Waals surface area contributed by atoms with Gasteiger partial charge in [0.15, 0.2) is 0 Å². The summed E-state index contributed by atoms with van der Waals surface area (Å²) < 4.78 is 0. The highest BCUT2D eigenvalue weighted by molar-refractivity contribution is 7.99. The molecule has 2 aromatic rings. The number of benzene rings is 2. The van der Waals surface area contributed by atoms with Crippen LogP contribution in [0.5, 0.6) is 0 Å². The Morgan fingerprint density at radius 1 is 1.05 bits per heavy atom. The molecule has 0 aromatic heterocycles. The Bertz CT molecular complexity index is 562. The van der Waals surface area contributed by atoms with Crippen LogP contribution >= 0.6 is 11.8 Å². The van der Waals surface area contributed by atoms with Crippen molar-refractivity contribution < 1.29 is 0 Å². The second-order valence-corrected chi connectivity index (χ2v) is 6.58. The number of fused-ring (bicyclic) bond motifs is 1. The van der Waals surface area contributed by atoms with E-state index in [-0.39, 0.29) is 0 Å². The lowest BCUT2D eigenvalue weighted by molar-refractivity contribution is 0.218. The molecule has 1 aliphatic heterocycles. The third kappa shape index (κ3) is 3.00. The minimum Gasteiger partial charge on any atom is -0.329 e. The maximum absolute atomic E-state index is 6.08. The summed E-state index contributed by atoms with van der Waals surface area (Å²) in [6.45, 7) is 3.02. The van der Waals surface area contributed by atoms with Gasteiger partial charge < -0.3 is 5.73 Å². The van der Waals surface area contributed by atoms with Crippen LogP contribution in [0.3, 0.4) is 0 Å². The predicted octanol–water partition coefficient (Wildman–Crippen LogP) is 3.28. The Hall–Kier alpha value is -1.03. The van der Waals surface area contributed by atoms with E-state index in [0.29, 0.717) is 12.6 Å². The van der Waals surface area contributed by atoms with E-state index in [1.807, 2.05) is 0 Å². The lowest BCUT2D eigenvalue weighted by Crippen LogP contribution is -2.35. The molecular weight excluding hydrogens is 264 g/mol. The van der Waals surface area contributed by atoms with Crippen LogP contribution in [-0.2, 0) is 0 Å². The molecule has 20 heavy (non-hydrogen) atoms. The van der Waals surface area contributed by atoms with Crippen LogP contribution in [0.4, 0.5) is 0 Å². The van der Waals surface area contributed by atoms with Crippen molar-refractivity contribution in [1.29, 1.82) is 0 Å². The van der Waals surface area contributed by atoms with E-state index in [1.165, 1.54) is 40.8 Å². The molecule has 2 N–H and O–H groups in total. The van der Waals surface area contributed by atoms with Gasteiger partial charge in [0, 0.05) is 24.9 Å². The van der Waals surface area contributed by atoms with E-state index in [0.717, 1.165) is 6.54 Å². The van der Waals surface area contributed by atoms with Gasteiger partial charge in [0.2, 0.25) is 0 Å². The van der Waals surface area contributed by atoms with Crippen LogP contribution in [-0.4, -0.2) is 36.0 Å². The van der Waals surface area contributed by atoms with Crippen LogP contribution in [0.15, 0.2) is 42.5 Å². The second-order valence-electron chi connectivity index (χ2n) is 5.36. The van der Waals surface area contributed by atoms with Crippen LogP contribution in [0, 0.1) is 0 Å². The molecule has 0 aliphatic carbocycles. The first-order valence-corrected chi connectivity index (χ1v) is 8.54. The van der Waals surface area contributed by atoms with Crippen molar-refractivity contribution in [3.05, 3.63) is 48.0 Å². The molecule has 0 saturated carbocycles. The summed E-state index contributed by atoms with van der Waals surface area (Å²) in [6, 6.07) is 15.7. The first kappa shape index (κ1) is 13.9. The normalized spacial score (nSPS) is 18.9. The molecule has 1 fully saturated rings. The van der Waals surface area contributed by atoms with E-state index >= 15 is 0 Å². The molecule has 2 aromatic carbocycles. The SMILES string of the molecule is NCC(c1ccc2ccccc2c1)N1CCCSCC1. The van der Waals surface area contributed by atoms with Gasteiger partial charge in [-0.25, -0.2) is 0 Å². The van der Waals surface area contributed by atoms with Gasteiger partial charge in [-0.1, -0.05) is 36.4 Å². The van der Waals surface area contributed by atoms with Gasteiger partial charge in [0.05, 0.1) is 0 Å². The molecule has 1 heterocycles. The zero-order chi connectivity index (χ0) is 13.8. The highest BCUT2D eigenvalue weighted by Gasteiger charge is 2.20. The summed E-state index contributed by atoms with van der Waals surface area (Å²) in [6.07, 6.45) is 1.27. The summed E-state index contributed by atoms with van der Waals surface area (Å²) in [5.74, 6) is 2.51. The lowest BCUT2D eigenvalue weighted by Gasteiger charge is -2.30. The number of nitrogens with two attached hydrogens (primary N) is 1. The smallest absolute Gasteiger partial charge is 0.0471 e. The minimum atomic E-state index is 0.360. The zero-order valence-electron chi connectivity index (χ0n) is 11.8. The molecule has 1 unspecified atom stereocenters. The monoisotopic (exact) mass is 286 g/mol. The quantitative estimate of drug-likeness (QED) is 0.939. The van der Waals surface area contributed by atoms with E-state index in [1.54, 1.807) is 0 Å². The van der Waals surface area contributed by atoms with E-state index in [9.17, 15) is 0 Å². The fraction of sp³-hybridized carbons (Fsp3) is 0.412. The van der Waals surface area contributed by atoms with Gasteiger partial charge >= 0.3 is 0 Å². The van der Waals surface area contributed by atoms with Crippen molar-refractivity contribution in [3.63, 3.8) is 0 Å². The van der Waals surface area contributed by atoms with Crippen molar-refractivity contribution in [2.45, 2.75) is 12.5 Å². The zero-order valence-corrected chi connectivity index (χ0v) is 12.6. The van der Waals surface area contributed by atoms with Crippen molar-refractivity contribution in [3.8, 4) is 0 Å². The molecule has 2 nitrogen and oxygen atoms in total. The number of rotatable bonds is 3. The van der Waals surface area contributed by atoms with Gasteiger partial charge in [-0.2, -0.15) is 11.8 Å². The first-order valence-electron chi connectivity index (χ1n) is 7.39. The second kappa shape index (κ2) is 6.61. The average molecular weight is 286 g/mol. The van der Waals surface area contributed by atoms with E-state index < -0.39 is 0 Å². The largest absolute Gasteiger partial charge is 0.329 e. The maximum atomic E-state index is 6.08. The highest BCUT2D eigenvalue weighted by Crippen LogP contribution is 2.26. The molecule has 0 spiro atoms. The van der Waals surface area contributed by atoms with Crippen LogP contribution < -0.4 is 5.73 Å². The average Bonchev–Trinajstić information content (AvgIpc) is 2.77. The predicted molar refractivity (Wildman–Crippen MR) is 89.3 cm³/mol. The minimum absolute atomic E-state index is 0.360.